The largest absolute Gasteiger partial charge is 0.417 e. The molecule has 0 spiro atoms. The Balaban J connectivity index is 1.60. The number of alkyl halides is 3. The van der Waals surface area contributed by atoms with Crippen molar-refractivity contribution in [1.29, 1.82) is 0 Å². The van der Waals surface area contributed by atoms with Crippen LogP contribution in [-0.2, 0) is 27.4 Å². The van der Waals surface area contributed by atoms with Gasteiger partial charge < -0.3 is 9.80 Å². The van der Waals surface area contributed by atoms with Crippen LogP contribution in [-0.4, -0.2) is 50.4 Å². The Hall–Kier alpha value is -2.66. The predicted molar refractivity (Wildman–Crippen MR) is 104 cm³/mol. The van der Waals surface area contributed by atoms with Crippen molar-refractivity contribution in [2.24, 2.45) is 5.14 Å². The molecule has 7 nitrogen and oxygen atoms in total. The number of halogens is 3. The van der Waals surface area contributed by atoms with Crippen LogP contribution in [0.4, 0.5) is 19.0 Å². The Kier molecular flexibility index (Phi) is 6.32. The van der Waals surface area contributed by atoms with E-state index in [9.17, 15) is 26.4 Å². The molecule has 0 atom stereocenters. The lowest BCUT2D eigenvalue weighted by Gasteiger charge is -2.23. The van der Waals surface area contributed by atoms with Crippen LogP contribution in [0.3, 0.4) is 0 Å². The fourth-order valence-corrected chi connectivity index (χ4v) is 3.74. The minimum atomic E-state index is -4.43. The number of nitrogens with zero attached hydrogens (tertiary/aromatic N) is 3. The van der Waals surface area contributed by atoms with Gasteiger partial charge >= 0.3 is 6.18 Å². The van der Waals surface area contributed by atoms with Crippen molar-refractivity contribution in [1.82, 2.24) is 9.88 Å². The number of sulfonamides is 1. The maximum Gasteiger partial charge on any atom is 0.417 e. The van der Waals surface area contributed by atoms with Crippen LogP contribution in [0.15, 0.2) is 47.5 Å². The molecule has 2 aromatic rings. The van der Waals surface area contributed by atoms with Gasteiger partial charge in [-0.25, -0.2) is 18.5 Å². The minimum Gasteiger partial charge on any atom is -0.355 e. The number of hydrogen-bond donors (Lipinski definition) is 1. The number of rotatable bonds is 4. The molecule has 3 rings (SSSR count). The minimum absolute atomic E-state index is 0.0202. The van der Waals surface area contributed by atoms with Crippen LogP contribution in [0.1, 0.15) is 17.5 Å². The summed E-state index contributed by atoms with van der Waals surface area (Å²) in [5.74, 6) is 0.330. The summed E-state index contributed by atoms with van der Waals surface area (Å²) in [5, 5.41) is 5.06. The Labute approximate surface area is 172 Å². The zero-order chi connectivity index (χ0) is 21.9. The Morgan fingerprint density at radius 1 is 1.03 bits per heavy atom. The highest BCUT2D eigenvalue weighted by molar-refractivity contribution is 7.89. The van der Waals surface area contributed by atoms with Crippen molar-refractivity contribution in [3.05, 3.63) is 53.7 Å². The maximum atomic E-state index is 12.7. The summed E-state index contributed by atoms with van der Waals surface area (Å²) < 4.78 is 60.7. The Morgan fingerprint density at radius 2 is 1.73 bits per heavy atom. The number of carbonyl (C=O) groups is 1. The van der Waals surface area contributed by atoms with Gasteiger partial charge in [0.15, 0.2) is 0 Å². The maximum absolute atomic E-state index is 12.7. The standard InChI is InChI=1S/C19H21F3N4O3S/c20-19(21,22)15-4-7-17(24-13-15)25-8-1-9-26(11-10-25)18(27)12-14-2-5-16(6-3-14)30(23,28)29/h2-7,13H,1,8-12H2,(H2,23,28,29). The van der Waals surface area contributed by atoms with Gasteiger partial charge in [0.2, 0.25) is 15.9 Å². The quantitative estimate of drug-likeness (QED) is 0.782. The molecule has 162 valence electrons. The van der Waals surface area contributed by atoms with Crippen molar-refractivity contribution in [2.45, 2.75) is 23.9 Å². The summed E-state index contributed by atoms with van der Waals surface area (Å²) in [6.45, 7) is 1.96. The molecule has 1 aliphatic rings. The fraction of sp³-hybridized carbons (Fsp3) is 0.368. The molecule has 0 aliphatic carbocycles. The third-order valence-corrected chi connectivity index (χ3v) is 5.78. The number of primary sulfonamides is 1. The van der Waals surface area contributed by atoms with E-state index in [1.165, 1.54) is 18.2 Å². The van der Waals surface area contributed by atoms with Crippen molar-refractivity contribution in [2.75, 3.05) is 31.1 Å². The molecule has 30 heavy (non-hydrogen) atoms. The summed E-state index contributed by atoms with van der Waals surface area (Å²) in [7, 11) is -3.79. The second kappa shape index (κ2) is 8.60. The number of amides is 1. The van der Waals surface area contributed by atoms with E-state index in [0.717, 1.165) is 12.3 Å². The first kappa shape index (κ1) is 22.0. The van der Waals surface area contributed by atoms with Gasteiger partial charge in [-0.05, 0) is 36.2 Å². The third kappa shape index (κ3) is 5.48. The number of hydrogen-bond acceptors (Lipinski definition) is 5. The fourth-order valence-electron chi connectivity index (χ4n) is 3.22. The monoisotopic (exact) mass is 442 g/mol. The zero-order valence-corrected chi connectivity index (χ0v) is 16.8. The number of carbonyl (C=O) groups excluding carboxylic acids is 1. The van der Waals surface area contributed by atoms with Gasteiger partial charge in [0.1, 0.15) is 5.82 Å². The topological polar surface area (TPSA) is 96.6 Å². The second-order valence-corrected chi connectivity index (χ2v) is 8.55. The molecule has 11 heteroatoms. The highest BCUT2D eigenvalue weighted by atomic mass is 32.2. The molecule has 1 amide bonds. The average molecular weight is 442 g/mol. The van der Waals surface area contributed by atoms with Gasteiger partial charge in [-0.2, -0.15) is 13.2 Å². The summed E-state index contributed by atoms with van der Waals surface area (Å²) in [5.41, 5.74) is -0.135. The van der Waals surface area contributed by atoms with E-state index in [1.54, 1.807) is 17.0 Å². The Bertz CT molecular complexity index is 993. The van der Waals surface area contributed by atoms with Gasteiger partial charge in [-0.15, -0.1) is 0 Å². The molecule has 1 aromatic carbocycles. The highest BCUT2D eigenvalue weighted by Crippen LogP contribution is 2.29. The van der Waals surface area contributed by atoms with Crippen LogP contribution in [0.5, 0.6) is 0 Å². The van der Waals surface area contributed by atoms with Crippen LogP contribution in [0.25, 0.3) is 0 Å². The molecular weight excluding hydrogens is 421 g/mol. The molecule has 0 bridgehead atoms. The van der Waals surface area contributed by atoms with E-state index in [2.05, 4.69) is 4.98 Å². The number of benzene rings is 1. The van der Waals surface area contributed by atoms with Gasteiger partial charge in [-0.3, -0.25) is 4.79 Å². The average Bonchev–Trinajstić information content (AvgIpc) is 2.93. The lowest BCUT2D eigenvalue weighted by Crippen LogP contribution is -2.36. The molecule has 0 saturated carbocycles. The third-order valence-electron chi connectivity index (χ3n) is 4.86. The van der Waals surface area contributed by atoms with Crippen LogP contribution < -0.4 is 10.0 Å². The predicted octanol–water partition coefficient (Wildman–Crippen LogP) is 2.03. The molecule has 1 saturated heterocycles. The first-order chi connectivity index (χ1) is 14.0. The number of anilines is 1. The van der Waals surface area contributed by atoms with E-state index < -0.39 is 21.8 Å². The molecule has 2 heterocycles. The van der Waals surface area contributed by atoms with E-state index in [0.29, 0.717) is 44.0 Å². The van der Waals surface area contributed by atoms with Crippen LogP contribution >= 0.6 is 0 Å². The first-order valence-electron chi connectivity index (χ1n) is 9.22. The first-order valence-corrected chi connectivity index (χ1v) is 10.8. The number of nitrogens with two attached hydrogens (primary N) is 1. The summed E-state index contributed by atoms with van der Waals surface area (Å²) in [4.78, 5) is 20.1. The molecule has 1 aromatic heterocycles. The van der Waals surface area contributed by atoms with E-state index in [-0.39, 0.29) is 17.2 Å². The van der Waals surface area contributed by atoms with Crippen LogP contribution in [0, 0.1) is 0 Å². The van der Waals surface area contributed by atoms with E-state index >= 15 is 0 Å². The lowest BCUT2D eigenvalue weighted by molar-refractivity contribution is -0.137. The second-order valence-electron chi connectivity index (χ2n) is 6.99. The van der Waals surface area contributed by atoms with Crippen molar-refractivity contribution >= 4 is 21.7 Å². The normalized spacial score (nSPS) is 15.7. The smallest absolute Gasteiger partial charge is 0.355 e. The van der Waals surface area contributed by atoms with E-state index in [4.69, 9.17) is 5.14 Å². The van der Waals surface area contributed by atoms with Gasteiger partial charge in [-0.1, -0.05) is 12.1 Å². The van der Waals surface area contributed by atoms with Gasteiger partial charge in [0, 0.05) is 32.4 Å². The molecule has 0 unspecified atom stereocenters. The zero-order valence-electron chi connectivity index (χ0n) is 16.0. The van der Waals surface area contributed by atoms with Gasteiger partial charge in [0.05, 0.1) is 16.9 Å². The summed E-state index contributed by atoms with van der Waals surface area (Å²) >= 11 is 0. The highest BCUT2D eigenvalue weighted by Gasteiger charge is 2.31. The van der Waals surface area contributed by atoms with Gasteiger partial charge in [0.25, 0.3) is 0 Å². The lowest BCUT2D eigenvalue weighted by atomic mass is 10.1. The SMILES string of the molecule is NS(=O)(=O)c1ccc(CC(=O)N2CCCN(c3ccc(C(F)(F)F)cn3)CC2)cc1. The molecule has 2 N–H and O–H groups in total. The number of pyridine rings is 1. The van der Waals surface area contributed by atoms with Crippen molar-refractivity contribution in [3.63, 3.8) is 0 Å². The Morgan fingerprint density at radius 3 is 2.30 bits per heavy atom. The summed E-state index contributed by atoms with van der Waals surface area (Å²) in [6, 6.07) is 8.16. The summed E-state index contributed by atoms with van der Waals surface area (Å²) in [6.07, 6.45) is -2.85. The molecule has 1 aliphatic heterocycles. The molecule has 1 fully saturated rings. The van der Waals surface area contributed by atoms with E-state index in [1.807, 2.05) is 4.90 Å². The molecule has 0 radical (unpaired) electrons. The van der Waals surface area contributed by atoms with Crippen molar-refractivity contribution in [3.8, 4) is 0 Å². The van der Waals surface area contributed by atoms with Crippen molar-refractivity contribution < 1.29 is 26.4 Å². The van der Waals surface area contributed by atoms with Crippen LogP contribution in [0.2, 0.25) is 0 Å². The molecular formula is C19H21F3N4O3S. The number of aromatic nitrogens is 1.